The van der Waals surface area contributed by atoms with E-state index in [1.807, 2.05) is 51.1 Å². The summed E-state index contributed by atoms with van der Waals surface area (Å²) in [6.45, 7) is 4.72. The van der Waals surface area contributed by atoms with Crippen LogP contribution in [0.5, 0.6) is 0 Å². The van der Waals surface area contributed by atoms with Crippen molar-refractivity contribution in [3.05, 3.63) is 35.9 Å². The quantitative estimate of drug-likeness (QED) is 0.675. The summed E-state index contributed by atoms with van der Waals surface area (Å²) in [5.74, 6) is -0.334. The average Bonchev–Trinajstić information content (AvgIpc) is 2.49. The van der Waals surface area contributed by atoms with E-state index in [2.05, 4.69) is 15.4 Å². The summed E-state index contributed by atoms with van der Waals surface area (Å²) >= 11 is 0. The predicted octanol–water partition coefficient (Wildman–Crippen LogP) is 3.20. The molecule has 4 nitrogen and oxygen atoms in total. The third-order valence-electron chi connectivity index (χ3n) is 3.37. The third kappa shape index (κ3) is 8.88. The van der Waals surface area contributed by atoms with Gasteiger partial charge in [-0.15, -0.1) is 0 Å². The Balaban J connectivity index is 2.30. The fourth-order valence-electron chi connectivity index (χ4n) is 2.22. The summed E-state index contributed by atoms with van der Waals surface area (Å²) in [5, 5.41) is 6.14. The van der Waals surface area contributed by atoms with Crippen molar-refractivity contribution in [2.75, 3.05) is 19.8 Å². The number of hydrogen-bond donors (Lipinski definition) is 2. The lowest BCUT2D eigenvalue weighted by atomic mass is 10.0. The number of halogens is 3. The Morgan fingerprint density at radius 1 is 1.21 bits per heavy atom. The van der Waals surface area contributed by atoms with Gasteiger partial charge < -0.3 is 15.4 Å². The van der Waals surface area contributed by atoms with Gasteiger partial charge in [0.25, 0.3) is 0 Å². The van der Waals surface area contributed by atoms with Crippen LogP contribution in [0.1, 0.15) is 38.8 Å². The summed E-state index contributed by atoms with van der Waals surface area (Å²) in [7, 11) is 0. The van der Waals surface area contributed by atoms with Gasteiger partial charge in [-0.05, 0) is 26.3 Å². The van der Waals surface area contributed by atoms with Crippen LogP contribution < -0.4 is 10.6 Å². The first-order valence-electron chi connectivity index (χ1n) is 7.83. The van der Waals surface area contributed by atoms with Crippen molar-refractivity contribution in [3.63, 3.8) is 0 Å². The summed E-state index contributed by atoms with van der Waals surface area (Å²) in [6, 6.07) is 10.0. The van der Waals surface area contributed by atoms with Gasteiger partial charge in [-0.3, -0.25) is 4.79 Å². The summed E-state index contributed by atoms with van der Waals surface area (Å²) in [6.07, 6.45) is -4.46. The van der Waals surface area contributed by atoms with Crippen molar-refractivity contribution in [3.8, 4) is 0 Å². The smallest absolute Gasteiger partial charge is 0.372 e. The maximum absolute atomic E-state index is 11.9. The molecule has 0 aliphatic carbocycles. The summed E-state index contributed by atoms with van der Waals surface area (Å²) < 4.78 is 40.2. The van der Waals surface area contributed by atoms with E-state index in [0.717, 1.165) is 5.56 Å². The van der Waals surface area contributed by atoms with Gasteiger partial charge in [0, 0.05) is 24.5 Å². The molecule has 1 aromatic carbocycles. The van der Waals surface area contributed by atoms with E-state index in [9.17, 15) is 18.0 Å². The fourth-order valence-corrected chi connectivity index (χ4v) is 2.22. The van der Waals surface area contributed by atoms with Crippen LogP contribution in [0.15, 0.2) is 30.3 Å². The molecule has 0 aromatic heterocycles. The fraction of sp³-hybridized carbons (Fsp3) is 0.588. The van der Waals surface area contributed by atoms with E-state index in [-0.39, 0.29) is 30.5 Å². The Bertz CT molecular complexity index is 504. The lowest BCUT2D eigenvalue weighted by molar-refractivity contribution is -0.174. The van der Waals surface area contributed by atoms with Crippen LogP contribution in [0.4, 0.5) is 13.2 Å². The van der Waals surface area contributed by atoms with Crippen molar-refractivity contribution < 1.29 is 22.7 Å². The largest absolute Gasteiger partial charge is 0.411 e. The van der Waals surface area contributed by atoms with Gasteiger partial charge in [0.1, 0.15) is 6.61 Å². The third-order valence-corrected chi connectivity index (χ3v) is 3.37. The normalized spacial score (nSPS) is 13.6. The van der Waals surface area contributed by atoms with Crippen LogP contribution in [-0.2, 0) is 9.53 Å². The molecule has 0 aliphatic rings. The number of carbonyl (C=O) groups is 1. The van der Waals surface area contributed by atoms with Gasteiger partial charge >= 0.3 is 6.18 Å². The van der Waals surface area contributed by atoms with Crippen LogP contribution in [0.3, 0.4) is 0 Å². The molecule has 1 atom stereocenters. The molecule has 24 heavy (non-hydrogen) atoms. The molecule has 1 amide bonds. The van der Waals surface area contributed by atoms with E-state index in [4.69, 9.17) is 0 Å². The Morgan fingerprint density at radius 3 is 2.42 bits per heavy atom. The topological polar surface area (TPSA) is 50.4 Å². The van der Waals surface area contributed by atoms with Gasteiger partial charge in [-0.1, -0.05) is 30.3 Å². The molecule has 0 spiro atoms. The number of amides is 1. The lowest BCUT2D eigenvalue weighted by Gasteiger charge is -2.31. The molecule has 1 rings (SSSR count). The van der Waals surface area contributed by atoms with Crippen LogP contribution in [0.25, 0.3) is 0 Å². The average molecular weight is 346 g/mol. The summed E-state index contributed by atoms with van der Waals surface area (Å²) in [4.78, 5) is 11.7. The first-order valence-corrected chi connectivity index (χ1v) is 7.83. The Hall–Kier alpha value is -1.60. The number of carbonyl (C=O) groups excluding carboxylic acids is 1. The molecule has 0 heterocycles. The van der Waals surface area contributed by atoms with Crippen molar-refractivity contribution >= 4 is 5.91 Å². The van der Waals surface area contributed by atoms with Crippen molar-refractivity contribution in [1.29, 1.82) is 0 Å². The molecular formula is C17H25F3N2O2. The van der Waals surface area contributed by atoms with Gasteiger partial charge in [0.15, 0.2) is 0 Å². The number of ether oxygens (including phenoxy) is 1. The van der Waals surface area contributed by atoms with Crippen LogP contribution in [-0.4, -0.2) is 37.4 Å². The van der Waals surface area contributed by atoms with Crippen LogP contribution >= 0.6 is 0 Å². The number of hydrogen-bond acceptors (Lipinski definition) is 3. The zero-order valence-electron chi connectivity index (χ0n) is 14.2. The number of nitrogens with one attached hydrogen (secondary N) is 2. The maximum Gasteiger partial charge on any atom is 0.411 e. The molecule has 1 aromatic rings. The Kier molecular flexibility index (Phi) is 7.69. The minimum atomic E-state index is -4.37. The van der Waals surface area contributed by atoms with Crippen molar-refractivity contribution in [2.24, 2.45) is 0 Å². The predicted molar refractivity (Wildman–Crippen MR) is 86.6 cm³/mol. The number of benzene rings is 1. The minimum absolute atomic E-state index is 0.0968. The molecule has 0 saturated heterocycles. The molecule has 0 saturated carbocycles. The van der Waals surface area contributed by atoms with Gasteiger partial charge in [-0.2, -0.15) is 13.2 Å². The van der Waals surface area contributed by atoms with Gasteiger partial charge in [0.05, 0.1) is 6.61 Å². The lowest BCUT2D eigenvalue weighted by Crippen LogP contribution is -2.49. The number of rotatable bonds is 9. The van der Waals surface area contributed by atoms with E-state index in [0.29, 0.717) is 6.54 Å². The first-order chi connectivity index (χ1) is 11.1. The maximum atomic E-state index is 11.9. The first kappa shape index (κ1) is 20.4. The molecule has 0 radical (unpaired) electrons. The zero-order chi connectivity index (χ0) is 18.2. The second-order valence-corrected chi connectivity index (χ2v) is 6.36. The monoisotopic (exact) mass is 346 g/mol. The molecule has 136 valence electrons. The van der Waals surface area contributed by atoms with Crippen molar-refractivity contribution in [1.82, 2.24) is 10.6 Å². The van der Waals surface area contributed by atoms with E-state index >= 15 is 0 Å². The second-order valence-electron chi connectivity index (χ2n) is 6.36. The van der Waals surface area contributed by atoms with Crippen LogP contribution in [0, 0.1) is 0 Å². The highest BCUT2D eigenvalue weighted by atomic mass is 19.4. The summed E-state index contributed by atoms with van der Waals surface area (Å²) in [5.41, 5.74) is 0.773. The zero-order valence-corrected chi connectivity index (χ0v) is 14.2. The molecule has 0 unspecified atom stereocenters. The molecule has 0 fully saturated rings. The van der Waals surface area contributed by atoms with Gasteiger partial charge in [-0.25, -0.2) is 0 Å². The number of alkyl halides is 3. The van der Waals surface area contributed by atoms with E-state index < -0.39 is 12.8 Å². The molecule has 0 aliphatic heterocycles. The van der Waals surface area contributed by atoms with E-state index in [1.165, 1.54) is 0 Å². The molecule has 2 N–H and O–H groups in total. The standard InChI is InChI=1S/C17H25F3N2O2/c1-13(14-7-5-4-6-8-14)22-16(2,3)11-21-15(23)9-10-24-12-17(18,19)20/h4-8,13,22H,9-12H2,1-3H3,(H,21,23)/t13-/m0/s1. The SMILES string of the molecule is C[C@H](NC(C)(C)CNC(=O)CCOCC(F)(F)F)c1ccccc1. The minimum Gasteiger partial charge on any atom is -0.372 e. The highest BCUT2D eigenvalue weighted by molar-refractivity contribution is 5.76. The molecule has 7 heteroatoms. The Morgan fingerprint density at radius 2 is 1.83 bits per heavy atom. The molecule has 0 bridgehead atoms. The second kappa shape index (κ2) is 9.03. The highest BCUT2D eigenvalue weighted by Crippen LogP contribution is 2.16. The van der Waals surface area contributed by atoms with Crippen LogP contribution in [0.2, 0.25) is 0 Å². The Labute approximate surface area is 140 Å². The van der Waals surface area contributed by atoms with E-state index in [1.54, 1.807) is 0 Å². The van der Waals surface area contributed by atoms with Crippen molar-refractivity contribution in [2.45, 2.75) is 44.9 Å². The van der Waals surface area contributed by atoms with Gasteiger partial charge in [0.2, 0.25) is 5.91 Å². The molecular weight excluding hydrogens is 321 g/mol. The highest BCUT2D eigenvalue weighted by Gasteiger charge is 2.27.